The highest BCUT2D eigenvalue weighted by atomic mass is 16.5. The van der Waals surface area contributed by atoms with Crippen molar-refractivity contribution >= 4 is 5.84 Å². The summed E-state index contributed by atoms with van der Waals surface area (Å²) in [7, 11) is 0. The molecule has 0 radical (unpaired) electrons. The first-order chi connectivity index (χ1) is 8.54. The molecule has 1 saturated carbocycles. The number of hydrogen-bond acceptors (Lipinski definition) is 3. The maximum Gasteiger partial charge on any atom is 0.214 e. The van der Waals surface area contributed by atoms with Gasteiger partial charge in [0.15, 0.2) is 0 Å². The molecule has 0 aliphatic heterocycles. The van der Waals surface area contributed by atoms with Crippen LogP contribution in [0.25, 0.3) is 0 Å². The van der Waals surface area contributed by atoms with Crippen molar-refractivity contribution in [3.8, 4) is 5.88 Å². The van der Waals surface area contributed by atoms with E-state index in [0.29, 0.717) is 23.4 Å². The molecule has 0 saturated heterocycles. The predicted octanol–water partition coefficient (Wildman–Crippen LogP) is 2.57. The van der Waals surface area contributed by atoms with Crippen LogP contribution in [-0.4, -0.2) is 16.9 Å². The Bertz CT molecular complexity index is 423. The van der Waals surface area contributed by atoms with Crippen LogP contribution in [0.3, 0.4) is 0 Å². The summed E-state index contributed by atoms with van der Waals surface area (Å²) < 4.78 is 5.92. The molecule has 18 heavy (non-hydrogen) atoms. The molecule has 1 aliphatic rings. The molecule has 3 N–H and O–H groups in total. The third kappa shape index (κ3) is 3.22. The zero-order valence-electron chi connectivity index (χ0n) is 11.0. The van der Waals surface area contributed by atoms with Gasteiger partial charge in [0.25, 0.3) is 0 Å². The molecule has 1 heterocycles. The monoisotopic (exact) mass is 247 g/mol. The minimum atomic E-state index is -0.0224. The number of nitrogen functional groups attached to an aromatic ring is 1. The summed E-state index contributed by atoms with van der Waals surface area (Å²) in [4.78, 5) is 4.24. The van der Waals surface area contributed by atoms with Crippen molar-refractivity contribution in [2.24, 2.45) is 17.6 Å². The van der Waals surface area contributed by atoms with Crippen LogP contribution in [-0.2, 0) is 0 Å². The first kappa shape index (κ1) is 12.9. The molecule has 0 bridgehead atoms. The van der Waals surface area contributed by atoms with E-state index < -0.39 is 0 Å². The average molecular weight is 247 g/mol. The van der Waals surface area contributed by atoms with Crippen LogP contribution in [0.4, 0.5) is 0 Å². The molecule has 0 aromatic carbocycles. The summed E-state index contributed by atoms with van der Waals surface area (Å²) in [5, 5.41) is 7.38. The Hall–Kier alpha value is -1.58. The molecule has 2 atom stereocenters. The quantitative estimate of drug-likeness (QED) is 0.637. The van der Waals surface area contributed by atoms with Gasteiger partial charge in [0.2, 0.25) is 5.88 Å². The van der Waals surface area contributed by atoms with Crippen LogP contribution >= 0.6 is 0 Å². The summed E-state index contributed by atoms with van der Waals surface area (Å²) in [6.07, 6.45) is 3.67. The molecule has 4 heteroatoms. The van der Waals surface area contributed by atoms with Crippen LogP contribution < -0.4 is 10.5 Å². The maximum absolute atomic E-state index is 7.38. The van der Waals surface area contributed by atoms with Crippen molar-refractivity contribution in [1.82, 2.24) is 4.98 Å². The van der Waals surface area contributed by atoms with Gasteiger partial charge in [-0.25, -0.2) is 4.98 Å². The van der Waals surface area contributed by atoms with E-state index >= 15 is 0 Å². The Labute approximate surface area is 108 Å². The van der Waals surface area contributed by atoms with Crippen molar-refractivity contribution in [1.29, 1.82) is 5.41 Å². The second-order valence-electron chi connectivity index (χ2n) is 5.43. The second-order valence-corrected chi connectivity index (χ2v) is 5.43. The highest BCUT2D eigenvalue weighted by molar-refractivity contribution is 5.93. The van der Waals surface area contributed by atoms with Gasteiger partial charge in [-0.15, -0.1) is 0 Å². The van der Waals surface area contributed by atoms with E-state index in [-0.39, 0.29) is 11.9 Å². The largest absolute Gasteiger partial charge is 0.474 e. The lowest BCUT2D eigenvalue weighted by atomic mass is 9.82. The van der Waals surface area contributed by atoms with Crippen LogP contribution in [0.2, 0.25) is 0 Å². The third-order valence-corrected chi connectivity index (χ3v) is 3.42. The van der Waals surface area contributed by atoms with E-state index in [0.717, 1.165) is 12.8 Å². The number of ether oxygens (including phenoxy) is 1. The van der Waals surface area contributed by atoms with Gasteiger partial charge in [-0.05, 0) is 37.2 Å². The van der Waals surface area contributed by atoms with Gasteiger partial charge in [0.1, 0.15) is 17.6 Å². The number of nitrogens with one attached hydrogen (secondary N) is 1. The molecule has 0 amide bonds. The number of pyridine rings is 1. The molecular formula is C14H21N3O. The fraction of sp³-hybridized carbons (Fsp3) is 0.571. The first-order valence-corrected chi connectivity index (χ1v) is 6.52. The van der Waals surface area contributed by atoms with Crippen LogP contribution in [0.15, 0.2) is 18.2 Å². The number of aromatic nitrogens is 1. The Kier molecular flexibility index (Phi) is 3.84. The number of nitrogens with two attached hydrogens (primary N) is 1. The predicted molar refractivity (Wildman–Crippen MR) is 71.8 cm³/mol. The molecule has 2 rings (SSSR count). The Morgan fingerprint density at radius 1 is 1.28 bits per heavy atom. The Morgan fingerprint density at radius 2 is 1.94 bits per heavy atom. The van der Waals surface area contributed by atoms with Gasteiger partial charge in [0.05, 0.1) is 0 Å². The lowest BCUT2D eigenvalue weighted by Gasteiger charge is -2.31. The van der Waals surface area contributed by atoms with E-state index in [2.05, 4.69) is 18.8 Å². The highest BCUT2D eigenvalue weighted by Crippen LogP contribution is 2.30. The van der Waals surface area contributed by atoms with Gasteiger partial charge in [-0.2, -0.15) is 0 Å². The fourth-order valence-electron chi connectivity index (χ4n) is 2.77. The normalized spacial score (nSPS) is 27.8. The van der Waals surface area contributed by atoms with E-state index in [1.165, 1.54) is 6.42 Å². The van der Waals surface area contributed by atoms with Gasteiger partial charge >= 0.3 is 0 Å². The zero-order valence-corrected chi connectivity index (χ0v) is 11.0. The van der Waals surface area contributed by atoms with Gasteiger partial charge in [0, 0.05) is 6.07 Å². The topological polar surface area (TPSA) is 72.0 Å². The van der Waals surface area contributed by atoms with E-state index in [1.807, 2.05) is 12.1 Å². The summed E-state index contributed by atoms with van der Waals surface area (Å²) >= 11 is 0. The number of rotatable bonds is 3. The summed E-state index contributed by atoms with van der Waals surface area (Å²) in [6.45, 7) is 4.54. The highest BCUT2D eigenvalue weighted by Gasteiger charge is 2.25. The zero-order chi connectivity index (χ0) is 13.1. The van der Waals surface area contributed by atoms with Crippen molar-refractivity contribution in [2.75, 3.05) is 0 Å². The molecule has 2 unspecified atom stereocenters. The van der Waals surface area contributed by atoms with Crippen molar-refractivity contribution in [2.45, 2.75) is 39.2 Å². The Balaban J connectivity index is 2.04. The van der Waals surface area contributed by atoms with Crippen LogP contribution in [0.5, 0.6) is 5.88 Å². The van der Waals surface area contributed by atoms with Gasteiger partial charge in [-0.3, -0.25) is 5.41 Å². The summed E-state index contributed by atoms with van der Waals surface area (Å²) in [6, 6.07) is 5.38. The smallest absolute Gasteiger partial charge is 0.214 e. The third-order valence-electron chi connectivity index (χ3n) is 3.42. The fourth-order valence-corrected chi connectivity index (χ4v) is 2.77. The average Bonchev–Trinajstić information content (AvgIpc) is 2.27. The molecule has 1 aromatic rings. The standard InChI is InChI=1S/C14H21N3O/c1-9-6-10(2)8-11(7-9)18-13-5-3-4-12(17-13)14(15)16/h3-5,9-11H,6-8H2,1-2H3,(H3,15,16). The molecule has 4 nitrogen and oxygen atoms in total. The Morgan fingerprint density at radius 3 is 2.56 bits per heavy atom. The van der Waals surface area contributed by atoms with Crippen LogP contribution in [0, 0.1) is 17.2 Å². The first-order valence-electron chi connectivity index (χ1n) is 6.52. The molecule has 1 aliphatic carbocycles. The van der Waals surface area contributed by atoms with E-state index in [4.69, 9.17) is 15.9 Å². The molecular weight excluding hydrogens is 226 g/mol. The SMILES string of the molecule is CC1CC(C)CC(Oc2cccc(C(=N)N)n2)C1. The molecule has 1 fully saturated rings. The van der Waals surface area contributed by atoms with Gasteiger partial charge in [-0.1, -0.05) is 19.9 Å². The lowest BCUT2D eigenvalue weighted by molar-refractivity contribution is 0.0967. The maximum atomic E-state index is 7.38. The summed E-state index contributed by atoms with van der Waals surface area (Å²) in [5.41, 5.74) is 5.90. The van der Waals surface area contributed by atoms with E-state index in [1.54, 1.807) is 6.07 Å². The molecule has 1 aromatic heterocycles. The minimum absolute atomic E-state index is 0.0224. The number of nitrogens with zero attached hydrogens (tertiary/aromatic N) is 1. The molecule has 98 valence electrons. The number of hydrogen-bond donors (Lipinski definition) is 2. The number of amidine groups is 1. The van der Waals surface area contributed by atoms with Crippen molar-refractivity contribution < 1.29 is 4.74 Å². The van der Waals surface area contributed by atoms with Crippen molar-refractivity contribution in [3.05, 3.63) is 23.9 Å². The lowest BCUT2D eigenvalue weighted by Crippen LogP contribution is -2.29. The second kappa shape index (κ2) is 5.38. The van der Waals surface area contributed by atoms with Crippen molar-refractivity contribution in [3.63, 3.8) is 0 Å². The minimum Gasteiger partial charge on any atom is -0.474 e. The van der Waals surface area contributed by atoms with Gasteiger partial charge < -0.3 is 10.5 Å². The molecule has 0 spiro atoms. The van der Waals surface area contributed by atoms with E-state index in [9.17, 15) is 0 Å². The summed E-state index contributed by atoms with van der Waals surface area (Å²) in [5.74, 6) is 1.96. The van der Waals surface area contributed by atoms with Crippen LogP contribution in [0.1, 0.15) is 38.8 Å².